The molecule has 0 saturated carbocycles. The van der Waals surface area contributed by atoms with Crippen LogP contribution in [0.15, 0.2) is 55.1 Å². The van der Waals surface area contributed by atoms with Crippen molar-refractivity contribution in [3.8, 4) is 6.07 Å². The molecule has 3 aliphatic heterocycles. The van der Waals surface area contributed by atoms with E-state index in [1.54, 1.807) is 0 Å². The molecule has 0 bridgehead atoms. The zero-order chi connectivity index (χ0) is 28.3. The molecule has 2 saturated heterocycles. The minimum atomic E-state index is -0.760. The van der Waals surface area contributed by atoms with Crippen LogP contribution in [0, 0.1) is 11.3 Å². The minimum absolute atomic E-state index is 0.105. The van der Waals surface area contributed by atoms with Crippen molar-refractivity contribution in [2.45, 2.75) is 50.5 Å². The van der Waals surface area contributed by atoms with Crippen molar-refractivity contribution >= 4 is 28.2 Å². The van der Waals surface area contributed by atoms with E-state index in [1.807, 2.05) is 4.90 Å². The second-order valence-corrected chi connectivity index (χ2v) is 11.5. The number of aliphatic hydroxyl groups is 1. The van der Waals surface area contributed by atoms with Crippen molar-refractivity contribution in [3.05, 3.63) is 66.4 Å². The smallest absolute Gasteiger partial charge is 0.225 e. The molecule has 214 valence electrons. The van der Waals surface area contributed by atoms with Gasteiger partial charge in [-0.15, -0.1) is 0 Å². The number of piperazine rings is 1. The van der Waals surface area contributed by atoms with Crippen molar-refractivity contribution in [2.75, 3.05) is 61.4 Å². The minimum Gasteiger partial charge on any atom is -0.375 e. The van der Waals surface area contributed by atoms with Crippen molar-refractivity contribution in [3.63, 3.8) is 0 Å². The van der Waals surface area contributed by atoms with Gasteiger partial charge in [0, 0.05) is 61.4 Å². The van der Waals surface area contributed by atoms with Crippen LogP contribution < -0.4 is 15.1 Å². The van der Waals surface area contributed by atoms with E-state index in [4.69, 9.17) is 9.97 Å². The van der Waals surface area contributed by atoms with Gasteiger partial charge in [-0.2, -0.15) is 10.2 Å². The summed E-state index contributed by atoms with van der Waals surface area (Å²) in [5.41, 5.74) is 3.48. The lowest BCUT2D eigenvalue weighted by Gasteiger charge is -2.43. The zero-order valence-corrected chi connectivity index (χ0v) is 23.9. The Kier molecular flexibility index (Phi) is 8.06. The number of nitrogens with zero attached hydrogens (tertiary/aromatic N) is 7. The number of likely N-dealkylation sites (tertiary alicyclic amines) is 1. The van der Waals surface area contributed by atoms with E-state index in [0.29, 0.717) is 44.6 Å². The standard InChI is InChI=1S/C32H40N8O/c1-3-30(41)40-19-18-39(21-25(40)13-15-33)31-27-14-17-38(29-12-6-9-23-8-4-5-11-26(23)29)22-28(27)35-32(36-31)34-20-24-10-7-16-37(24)2/h3-6,8-9,11-12,24-25,30,41H,1,7,10,13-14,16-22H2,2H3,(H,34,35,36)/t24-,25-,30?/m0/s1. The number of fused-ring (bicyclic) bond motifs is 2. The van der Waals surface area contributed by atoms with Gasteiger partial charge in [-0.1, -0.05) is 43.0 Å². The molecule has 0 radical (unpaired) electrons. The van der Waals surface area contributed by atoms with Gasteiger partial charge in [0.2, 0.25) is 5.95 Å². The van der Waals surface area contributed by atoms with Gasteiger partial charge in [-0.3, -0.25) is 4.90 Å². The molecular formula is C32H40N8O. The van der Waals surface area contributed by atoms with Crippen LogP contribution in [-0.4, -0.2) is 89.5 Å². The Bertz CT molecular complexity index is 1430. The van der Waals surface area contributed by atoms with E-state index < -0.39 is 6.23 Å². The highest BCUT2D eigenvalue weighted by Crippen LogP contribution is 2.34. The van der Waals surface area contributed by atoms with E-state index in [-0.39, 0.29) is 6.04 Å². The molecule has 2 aromatic carbocycles. The van der Waals surface area contributed by atoms with Gasteiger partial charge in [0.1, 0.15) is 12.0 Å². The number of rotatable bonds is 8. The van der Waals surface area contributed by atoms with Crippen molar-refractivity contribution in [1.82, 2.24) is 19.8 Å². The first-order valence-electron chi connectivity index (χ1n) is 14.8. The van der Waals surface area contributed by atoms with Crippen LogP contribution in [0.4, 0.5) is 17.5 Å². The van der Waals surface area contributed by atoms with Crippen LogP contribution in [0.25, 0.3) is 10.8 Å². The summed E-state index contributed by atoms with van der Waals surface area (Å²) in [6.45, 7) is 9.28. The van der Waals surface area contributed by atoms with Crippen molar-refractivity contribution < 1.29 is 5.11 Å². The maximum Gasteiger partial charge on any atom is 0.225 e. The second kappa shape index (κ2) is 12.0. The molecule has 9 heteroatoms. The molecule has 0 aliphatic carbocycles. The van der Waals surface area contributed by atoms with Crippen LogP contribution >= 0.6 is 0 Å². The Morgan fingerprint density at radius 3 is 2.76 bits per heavy atom. The molecule has 3 aliphatic rings. The molecule has 3 aromatic rings. The van der Waals surface area contributed by atoms with E-state index >= 15 is 0 Å². The maximum absolute atomic E-state index is 10.5. The molecule has 1 unspecified atom stereocenters. The van der Waals surface area contributed by atoms with Gasteiger partial charge in [-0.05, 0) is 50.4 Å². The number of nitrogens with one attached hydrogen (secondary N) is 1. The summed E-state index contributed by atoms with van der Waals surface area (Å²) < 4.78 is 0. The number of anilines is 3. The van der Waals surface area contributed by atoms with Crippen LogP contribution in [0.3, 0.4) is 0 Å². The summed E-state index contributed by atoms with van der Waals surface area (Å²) in [5, 5.41) is 26.1. The zero-order valence-electron chi connectivity index (χ0n) is 23.9. The van der Waals surface area contributed by atoms with E-state index in [9.17, 15) is 10.4 Å². The number of nitriles is 1. The number of benzene rings is 2. The van der Waals surface area contributed by atoms with Gasteiger partial charge in [-0.25, -0.2) is 4.98 Å². The molecule has 3 atom stereocenters. The Morgan fingerprint density at radius 2 is 1.95 bits per heavy atom. The van der Waals surface area contributed by atoms with Gasteiger partial charge >= 0.3 is 0 Å². The SMILES string of the molecule is C=CC(O)N1CCN(c2nc(NC[C@@H]3CCCN3C)nc3c2CCN(c2cccc4ccccc24)C3)C[C@@H]1CC#N. The Balaban J connectivity index is 1.32. The summed E-state index contributed by atoms with van der Waals surface area (Å²) >= 11 is 0. The Labute approximate surface area is 242 Å². The lowest BCUT2D eigenvalue weighted by atomic mass is 10.0. The third kappa shape index (κ3) is 5.60. The highest BCUT2D eigenvalue weighted by molar-refractivity contribution is 5.94. The third-order valence-electron chi connectivity index (χ3n) is 9.02. The maximum atomic E-state index is 10.5. The summed E-state index contributed by atoms with van der Waals surface area (Å²) in [5.74, 6) is 1.63. The Morgan fingerprint density at radius 1 is 1.10 bits per heavy atom. The molecule has 1 aromatic heterocycles. The molecule has 9 nitrogen and oxygen atoms in total. The Hall–Kier alpha value is -3.71. The van der Waals surface area contributed by atoms with E-state index in [0.717, 1.165) is 37.6 Å². The number of aromatic nitrogens is 2. The average molecular weight is 553 g/mol. The second-order valence-electron chi connectivity index (χ2n) is 11.5. The van der Waals surface area contributed by atoms with Crippen LogP contribution in [0.2, 0.25) is 0 Å². The average Bonchev–Trinajstić information content (AvgIpc) is 3.43. The van der Waals surface area contributed by atoms with E-state index in [2.05, 4.69) is 82.2 Å². The topological polar surface area (TPSA) is 94.8 Å². The number of aliphatic hydroxyl groups excluding tert-OH is 1. The molecule has 2 fully saturated rings. The van der Waals surface area contributed by atoms with Crippen molar-refractivity contribution in [2.24, 2.45) is 0 Å². The highest BCUT2D eigenvalue weighted by Gasteiger charge is 2.34. The lowest BCUT2D eigenvalue weighted by Crippen LogP contribution is -2.56. The van der Waals surface area contributed by atoms with Crippen LogP contribution in [0.5, 0.6) is 0 Å². The molecule has 6 rings (SSSR count). The van der Waals surface area contributed by atoms with Gasteiger partial charge in [0.15, 0.2) is 0 Å². The van der Waals surface area contributed by atoms with Gasteiger partial charge < -0.3 is 25.1 Å². The summed E-state index contributed by atoms with van der Waals surface area (Å²) in [6, 6.07) is 17.8. The summed E-state index contributed by atoms with van der Waals surface area (Å²) in [4.78, 5) is 19.3. The van der Waals surface area contributed by atoms with Crippen LogP contribution in [-0.2, 0) is 13.0 Å². The monoisotopic (exact) mass is 552 g/mol. The first-order chi connectivity index (χ1) is 20.1. The summed E-state index contributed by atoms with van der Waals surface area (Å²) in [7, 11) is 2.19. The summed E-state index contributed by atoms with van der Waals surface area (Å²) in [6.07, 6.45) is 4.36. The fraction of sp³-hybridized carbons (Fsp3) is 0.469. The highest BCUT2D eigenvalue weighted by atomic mass is 16.3. The first kappa shape index (κ1) is 27.5. The molecule has 0 amide bonds. The molecular weight excluding hydrogens is 512 g/mol. The fourth-order valence-electron chi connectivity index (χ4n) is 6.72. The van der Waals surface area contributed by atoms with Gasteiger partial charge in [0.25, 0.3) is 0 Å². The van der Waals surface area contributed by atoms with Crippen molar-refractivity contribution in [1.29, 1.82) is 5.26 Å². The predicted octanol–water partition coefficient (Wildman–Crippen LogP) is 3.61. The fourth-order valence-corrected chi connectivity index (χ4v) is 6.72. The number of likely N-dealkylation sites (N-methyl/N-ethyl adjacent to an activating group) is 1. The van der Waals surface area contributed by atoms with Gasteiger partial charge in [0.05, 0.1) is 24.7 Å². The largest absolute Gasteiger partial charge is 0.375 e. The molecule has 41 heavy (non-hydrogen) atoms. The van der Waals surface area contributed by atoms with Crippen LogP contribution in [0.1, 0.15) is 30.5 Å². The third-order valence-corrected chi connectivity index (χ3v) is 9.02. The first-order valence-corrected chi connectivity index (χ1v) is 14.8. The number of hydrogen-bond donors (Lipinski definition) is 2. The molecule has 2 N–H and O–H groups in total. The molecule has 0 spiro atoms. The van der Waals surface area contributed by atoms with E-state index in [1.165, 1.54) is 40.9 Å². The predicted molar refractivity (Wildman–Crippen MR) is 164 cm³/mol. The lowest BCUT2D eigenvalue weighted by molar-refractivity contribution is 0.00434. The normalized spacial score (nSPS) is 22.4. The quantitative estimate of drug-likeness (QED) is 0.407. The molecule has 4 heterocycles. The number of hydrogen-bond acceptors (Lipinski definition) is 9.